The Balaban J connectivity index is 2.16. The molecule has 2 rings (SSSR count). The summed E-state index contributed by atoms with van der Waals surface area (Å²) in [5.41, 5.74) is 2.46. The zero-order chi connectivity index (χ0) is 9.97. The van der Waals surface area contributed by atoms with Gasteiger partial charge in [-0.05, 0) is 30.0 Å². The molecule has 1 nitrogen and oxygen atoms in total. The predicted molar refractivity (Wildman–Crippen MR) is 60.1 cm³/mol. The van der Waals surface area contributed by atoms with Crippen molar-refractivity contribution in [2.24, 2.45) is 0 Å². The summed E-state index contributed by atoms with van der Waals surface area (Å²) in [6, 6.07) is 6.29. The third-order valence-electron chi connectivity index (χ3n) is 2.29. The summed E-state index contributed by atoms with van der Waals surface area (Å²) in [6.45, 7) is 0. The van der Waals surface area contributed by atoms with Crippen molar-refractivity contribution in [3.63, 3.8) is 0 Å². The van der Waals surface area contributed by atoms with E-state index in [9.17, 15) is 4.79 Å². The van der Waals surface area contributed by atoms with E-state index >= 15 is 0 Å². The molecule has 0 aliphatic carbocycles. The fraction of sp³-hybridized carbons (Fsp3) is 0.364. The first-order chi connectivity index (χ1) is 6.79. The number of thioether (sulfide) groups is 1. The summed E-state index contributed by atoms with van der Waals surface area (Å²) in [7, 11) is 0. The van der Waals surface area contributed by atoms with Crippen molar-refractivity contribution >= 4 is 28.5 Å². The van der Waals surface area contributed by atoms with Gasteiger partial charge in [-0.3, -0.25) is 4.79 Å². The lowest BCUT2D eigenvalue weighted by Crippen LogP contribution is -1.89. The van der Waals surface area contributed by atoms with Crippen molar-refractivity contribution < 1.29 is 4.79 Å². The normalized spacial score (nSPS) is 14.5. The lowest BCUT2D eigenvalue weighted by atomic mass is 10.1. The molecule has 0 bridgehead atoms. The van der Waals surface area contributed by atoms with Gasteiger partial charge in [-0.15, -0.1) is 11.6 Å². The van der Waals surface area contributed by atoms with Crippen LogP contribution in [-0.2, 0) is 17.6 Å². The molecule has 1 aliphatic rings. The summed E-state index contributed by atoms with van der Waals surface area (Å²) in [4.78, 5) is 12.3. The molecule has 3 heteroatoms. The Labute approximate surface area is 92.8 Å². The molecule has 0 saturated heterocycles. The second-order valence-electron chi connectivity index (χ2n) is 3.39. The van der Waals surface area contributed by atoms with E-state index in [4.69, 9.17) is 11.6 Å². The lowest BCUT2D eigenvalue weighted by Gasteiger charge is -2.01. The third kappa shape index (κ3) is 2.12. The van der Waals surface area contributed by atoms with Crippen LogP contribution in [0.25, 0.3) is 0 Å². The van der Waals surface area contributed by atoms with E-state index in [1.165, 1.54) is 22.9 Å². The van der Waals surface area contributed by atoms with E-state index in [1.807, 2.05) is 0 Å². The highest BCUT2D eigenvalue weighted by molar-refractivity contribution is 8.14. The first kappa shape index (κ1) is 10.1. The minimum absolute atomic E-state index is 0.259. The molecule has 1 heterocycles. The molecule has 0 unspecified atom stereocenters. The van der Waals surface area contributed by atoms with Gasteiger partial charge in [0.15, 0.2) is 5.12 Å². The molecule has 0 saturated carbocycles. The van der Waals surface area contributed by atoms with E-state index < -0.39 is 0 Å². The Bertz CT molecular complexity index is 362. The van der Waals surface area contributed by atoms with Crippen LogP contribution in [0.15, 0.2) is 23.1 Å². The van der Waals surface area contributed by atoms with Crippen LogP contribution in [0.3, 0.4) is 0 Å². The van der Waals surface area contributed by atoms with Crippen LogP contribution in [-0.4, -0.2) is 11.0 Å². The Kier molecular flexibility index (Phi) is 3.14. The van der Waals surface area contributed by atoms with E-state index in [2.05, 4.69) is 18.2 Å². The number of carbonyl (C=O) groups is 1. The van der Waals surface area contributed by atoms with E-state index in [0.29, 0.717) is 12.3 Å². The molecule has 1 aromatic rings. The number of fused-ring (bicyclic) bond motifs is 1. The van der Waals surface area contributed by atoms with Gasteiger partial charge in [0.25, 0.3) is 0 Å². The van der Waals surface area contributed by atoms with Crippen LogP contribution in [0, 0.1) is 0 Å². The van der Waals surface area contributed by atoms with Gasteiger partial charge in [0.2, 0.25) is 0 Å². The number of carbonyl (C=O) groups excluding carboxylic acids is 1. The number of hydrogen-bond acceptors (Lipinski definition) is 2. The van der Waals surface area contributed by atoms with Gasteiger partial charge in [0, 0.05) is 17.2 Å². The fourth-order valence-electron chi connectivity index (χ4n) is 1.58. The predicted octanol–water partition coefficient (Wildman–Crippen LogP) is 3.03. The summed E-state index contributed by atoms with van der Waals surface area (Å²) < 4.78 is 0. The Hall–Kier alpha value is -0.470. The average molecular weight is 227 g/mol. The summed E-state index contributed by atoms with van der Waals surface area (Å²) in [5, 5.41) is 0.259. The number of benzene rings is 1. The maximum atomic E-state index is 11.2. The van der Waals surface area contributed by atoms with Crippen LogP contribution in [0.4, 0.5) is 0 Å². The molecule has 0 fully saturated rings. The van der Waals surface area contributed by atoms with Gasteiger partial charge in [-0.2, -0.15) is 0 Å². The highest BCUT2D eigenvalue weighted by Gasteiger charge is 2.18. The second kappa shape index (κ2) is 4.37. The number of hydrogen-bond donors (Lipinski definition) is 0. The van der Waals surface area contributed by atoms with Gasteiger partial charge in [0.1, 0.15) is 0 Å². The van der Waals surface area contributed by atoms with Crippen LogP contribution >= 0.6 is 23.4 Å². The Morgan fingerprint density at radius 3 is 3.07 bits per heavy atom. The van der Waals surface area contributed by atoms with Gasteiger partial charge < -0.3 is 0 Å². The van der Waals surface area contributed by atoms with Crippen molar-refractivity contribution in [1.29, 1.82) is 0 Å². The fourth-order valence-corrected chi connectivity index (χ4v) is 2.67. The highest BCUT2D eigenvalue weighted by atomic mass is 35.5. The van der Waals surface area contributed by atoms with E-state index in [0.717, 1.165) is 17.7 Å². The number of halogens is 1. The molecule has 0 amide bonds. The van der Waals surface area contributed by atoms with Crippen molar-refractivity contribution in [1.82, 2.24) is 0 Å². The van der Waals surface area contributed by atoms with Gasteiger partial charge in [-0.25, -0.2) is 0 Å². The zero-order valence-electron chi connectivity index (χ0n) is 7.75. The molecule has 0 spiro atoms. The molecule has 0 atom stereocenters. The monoisotopic (exact) mass is 226 g/mol. The smallest absolute Gasteiger partial charge is 0.198 e. The van der Waals surface area contributed by atoms with Crippen LogP contribution in [0.2, 0.25) is 0 Å². The quantitative estimate of drug-likeness (QED) is 0.737. The highest BCUT2D eigenvalue weighted by Crippen LogP contribution is 2.33. The molecule has 0 aromatic heterocycles. The molecule has 0 radical (unpaired) electrons. The molecule has 14 heavy (non-hydrogen) atoms. The van der Waals surface area contributed by atoms with E-state index in [-0.39, 0.29) is 5.12 Å². The van der Waals surface area contributed by atoms with Crippen LogP contribution < -0.4 is 0 Å². The molecular weight excluding hydrogens is 216 g/mol. The Morgan fingerprint density at radius 1 is 1.43 bits per heavy atom. The van der Waals surface area contributed by atoms with Gasteiger partial charge >= 0.3 is 0 Å². The molecule has 0 N–H and O–H groups in total. The minimum atomic E-state index is 0.259. The van der Waals surface area contributed by atoms with E-state index in [1.54, 1.807) is 0 Å². The molecule has 1 aromatic carbocycles. The lowest BCUT2D eigenvalue weighted by molar-refractivity contribution is -0.110. The summed E-state index contributed by atoms with van der Waals surface area (Å²) in [6.07, 6.45) is 2.60. The standard InChI is InChI=1S/C11H11ClOS/c12-5-1-2-8-3-4-9-7-11(13)14-10(9)6-8/h3-4,6H,1-2,5,7H2. The SMILES string of the molecule is O=C1Cc2ccc(CCCCl)cc2S1. The first-order valence-electron chi connectivity index (χ1n) is 4.68. The van der Waals surface area contributed by atoms with Gasteiger partial charge in [-0.1, -0.05) is 23.9 Å². The van der Waals surface area contributed by atoms with Crippen LogP contribution in [0.1, 0.15) is 17.5 Å². The number of aryl methyl sites for hydroxylation is 1. The maximum absolute atomic E-state index is 11.2. The summed E-state index contributed by atoms with van der Waals surface area (Å²) >= 11 is 7.00. The maximum Gasteiger partial charge on any atom is 0.198 e. The Morgan fingerprint density at radius 2 is 2.29 bits per heavy atom. The third-order valence-corrected chi connectivity index (χ3v) is 3.53. The largest absolute Gasteiger partial charge is 0.286 e. The number of alkyl halides is 1. The van der Waals surface area contributed by atoms with Gasteiger partial charge in [0.05, 0.1) is 0 Å². The van der Waals surface area contributed by atoms with Crippen molar-refractivity contribution in [2.45, 2.75) is 24.2 Å². The minimum Gasteiger partial charge on any atom is -0.286 e. The van der Waals surface area contributed by atoms with Crippen LogP contribution in [0.5, 0.6) is 0 Å². The molecule has 74 valence electrons. The zero-order valence-corrected chi connectivity index (χ0v) is 9.33. The second-order valence-corrected chi connectivity index (χ2v) is 4.86. The number of rotatable bonds is 3. The summed E-state index contributed by atoms with van der Waals surface area (Å²) in [5.74, 6) is 0.698. The van der Waals surface area contributed by atoms with Crippen molar-refractivity contribution in [3.05, 3.63) is 29.3 Å². The molecular formula is C11H11ClOS. The van der Waals surface area contributed by atoms with Crippen molar-refractivity contribution in [3.8, 4) is 0 Å². The average Bonchev–Trinajstić information content (AvgIpc) is 2.54. The van der Waals surface area contributed by atoms with Crippen molar-refractivity contribution in [2.75, 3.05) is 5.88 Å². The molecule has 1 aliphatic heterocycles. The first-order valence-corrected chi connectivity index (χ1v) is 6.03. The topological polar surface area (TPSA) is 17.1 Å².